The van der Waals surface area contributed by atoms with Crippen molar-refractivity contribution in [2.45, 2.75) is 20.3 Å². The molecule has 0 aliphatic carbocycles. The number of aromatic amines is 1. The van der Waals surface area contributed by atoms with Crippen molar-refractivity contribution < 1.29 is 4.39 Å². The summed E-state index contributed by atoms with van der Waals surface area (Å²) in [5, 5.41) is 8.99. The lowest BCUT2D eigenvalue weighted by Crippen LogP contribution is -2.16. The van der Waals surface area contributed by atoms with Gasteiger partial charge in [-0.05, 0) is 36.6 Å². The molecule has 1 N–H and O–H groups in total. The Morgan fingerprint density at radius 1 is 1.32 bits per heavy atom. The van der Waals surface area contributed by atoms with Crippen molar-refractivity contribution in [2.24, 2.45) is 0 Å². The average molecular weight is 256 g/mol. The molecule has 0 amide bonds. The van der Waals surface area contributed by atoms with Crippen molar-refractivity contribution in [2.75, 3.05) is 0 Å². The SMILES string of the molecule is Cc1[nH]c(=O)c(C#N)c(C)c1Cc1ccccc1F. The van der Waals surface area contributed by atoms with Crippen LogP contribution >= 0.6 is 0 Å². The van der Waals surface area contributed by atoms with Gasteiger partial charge < -0.3 is 4.98 Å². The monoisotopic (exact) mass is 256 g/mol. The van der Waals surface area contributed by atoms with Gasteiger partial charge in [-0.2, -0.15) is 5.26 Å². The average Bonchev–Trinajstić information content (AvgIpc) is 2.36. The van der Waals surface area contributed by atoms with E-state index in [-0.39, 0.29) is 11.4 Å². The van der Waals surface area contributed by atoms with E-state index in [0.717, 1.165) is 5.56 Å². The summed E-state index contributed by atoms with van der Waals surface area (Å²) in [6.07, 6.45) is 0.357. The Balaban J connectivity index is 2.56. The maximum atomic E-state index is 13.7. The van der Waals surface area contributed by atoms with Crippen LogP contribution in [0, 0.1) is 31.0 Å². The highest BCUT2D eigenvalue weighted by Crippen LogP contribution is 2.19. The third kappa shape index (κ3) is 2.41. The molecule has 3 nitrogen and oxygen atoms in total. The van der Waals surface area contributed by atoms with Gasteiger partial charge in [0.1, 0.15) is 17.4 Å². The second-order valence-corrected chi connectivity index (χ2v) is 4.44. The molecule has 96 valence electrons. The van der Waals surface area contributed by atoms with E-state index in [1.54, 1.807) is 32.0 Å². The predicted molar refractivity (Wildman–Crippen MR) is 70.5 cm³/mol. The zero-order valence-electron chi connectivity index (χ0n) is 10.7. The molecule has 0 unspecified atom stereocenters. The van der Waals surface area contributed by atoms with Crippen molar-refractivity contribution in [3.8, 4) is 6.07 Å². The van der Waals surface area contributed by atoms with E-state index < -0.39 is 5.56 Å². The highest BCUT2D eigenvalue weighted by Gasteiger charge is 2.13. The second kappa shape index (κ2) is 5.07. The van der Waals surface area contributed by atoms with Crippen LogP contribution in [0.4, 0.5) is 4.39 Å². The van der Waals surface area contributed by atoms with Crippen LogP contribution in [0.2, 0.25) is 0 Å². The number of pyridine rings is 1. The lowest BCUT2D eigenvalue weighted by atomic mass is 9.96. The van der Waals surface area contributed by atoms with Gasteiger partial charge >= 0.3 is 0 Å². The van der Waals surface area contributed by atoms with Crippen molar-refractivity contribution in [3.05, 3.63) is 68.4 Å². The van der Waals surface area contributed by atoms with Gasteiger partial charge in [-0.25, -0.2) is 4.39 Å². The molecule has 1 heterocycles. The number of hydrogen-bond donors (Lipinski definition) is 1. The molecule has 0 aliphatic heterocycles. The Hall–Kier alpha value is -2.41. The van der Waals surface area contributed by atoms with Crippen LogP contribution in [0.5, 0.6) is 0 Å². The highest BCUT2D eigenvalue weighted by molar-refractivity contribution is 5.44. The Kier molecular flexibility index (Phi) is 3.48. The molecule has 19 heavy (non-hydrogen) atoms. The Morgan fingerprint density at radius 2 is 2.00 bits per heavy atom. The van der Waals surface area contributed by atoms with Gasteiger partial charge in [-0.3, -0.25) is 4.79 Å². The van der Waals surface area contributed by atoms with Crippen LogP contribution in [0.3, 0.4) is 0 Å². The molecule has 2 rings (SSSR count). The van der Waals surface area contributed by atoms with Crippen molar-refractivity contribution >= 4 is 0 Å². The zero-order chi connectivity index (χ0) is 14.0. The zero-order valence-corrected chi connectivity index (χ0v) is 10.7. The number of nitrogens with zero attached hydrogens (tertiary/aromatic N) is 1. The summed E-state index contributed by atoms with van der Waals surface area (Å²) in [7, 11) is 0. The molecule has 0 saturated heterocycles. The molecule has 0 radical (unpaired) electrons. The van der Waals surface area contributed by atoms with E-state index >= 15 is 0 Å². The normalized spacial score (nSPS) is 10.2. The molecule has 0 fully saturated rings. The fourth-order valence-electron chi connectivity index (χ4n) is 2.14. The first-order valence-corrected chi connectivity index (χ1v) is 5.90. The fraction of sp³-hybridized carbons (Fsp3) is 0.200. The number of nitriles is 1. The minimum absolute atomic E-state index is 0.0944. The number of rotatable bonds is 2. The van der Waals surface area contributed by atoms with E-state index in [4.69, 9.17) is 5.26 Å². The summed E-state index contributed by atoms with van der Waals surface area (Å²) in [6, 6.07) is 8.39. The fourth-order valence-corrected chi connectivity index (χ4v) is 2.14. The number of nitrogens with one attached hydrogen (secondary N) is 1. The molecule has 0 aliphatic rings. The summed E-state index contributed by atoms with van der Waals surface area (Å²) in [6.45, 7) is 3.47. The van der Waals surface area contributed by atoms with Crippen LogP contribution < -0.4 is 5.56 Å². The van der Waals surface area contributed by atoms with Crippen LogP contribution in [0.25, 0.3) is 0 Å². The first kappa shape index (κ1) is 13.0. The maximum Gasteiger partial charge on any atom is 0.266 e. The van der Waals surface area contributed by atoms with Gasteiger partial charge in [0, 0.05) is 12.1 Å². The number of benzene rings is 1. The number of aryl methyl sites for hydroxylation is 1. The minimum Gasteiger partial charge on any atom is -0.325 e. The first-order chi connectivity index (χ1) is 9.04. The van der Waals surface area contributed by atoms with Gasteiger partial charge in [0.05, 0.1) is 0 Å². The summed E-state index contributed by atoms with van der Waals surface area (Å²) < 4.78 is 13.7. The first-order valence-electron chi connectivity index (χ1n) is 5.90. The molecular formula is C15H13FN2O. The van der Waals surface area contributed by atoms with E-state index in [0.29, 0.717) is 23.2 Å². The lowest BCUT2D eigenvalue weighted by Gasteiger charge is -2.11. The largest absolute Gasteiger partial charge is 0.325 e. The van der Waals surface area contributed by atoms with Crippen molar-refractivity contribution in [3.63, 3.8) is 0 Å². The smallest absolute Gasteiger partial charge is 0.266 e. The Bertz CT molecular complexity index is 726. The van der Waals surface area contributed by atoms with E-state index in [1.807, 2.05) is 6.07 Å². The van der Waals surface area contributed by atoms with Crippen molar-refractivity contribution in [1.82, 2.24) is 4.98 Å². The van der Waals surface area contributed by atoms with Crippen LogP contribution in [0.15, 0.2) is 29.1 Å². The third-order valence-corrected chi connectivity index (χ3v) is 3.25. The summed E-state index contributed by atoms with van der Waals surface area (Å²) in [5.74, 6) is -0.286. The van der Waals surface area contributed by atoms with Crippen LogP contribution in [-0.2, 0) is 6.42 Å². The van der Waals surface area contributed by atoms with Gasteiger partial charge in [-0.15, -0.1) is 0 Å². The van der Waals surface area contributed by atoms with Gasteiger partial charge in [-0.1, -0.05) is 18.2 Å². The molecule has 0 atom stereocenters. The molecule has 0 bridgehead atoms. The minimum atomic E-state index is -0.394. The Labute approximate surface area is 110 Å². The molecule has 4 heteroatoms. The van der Waals surface area contributed by atoms with Crippen LogP contribution in [-0.4, -0.2) is 4.98 Å². The molecule has 0 saturated carbocycles. The van der Waals surface area contributed by atoms with Gasteiger partial charge in [0.25, 0.3) is 5.56 Å². The van der Waals surface area contributed by atoms with E-state index in [1.165, 1.54) is 6.07 Å². The Morgan fingerprint density at radius 3 is 2.63 bits per heavy atom. The molecule has 1 aromatic carbocycles. The molecular weight excluding hydrogens is 243 g/mol. The summed E-state index contributed by atoms with van der Waals surface area (Å²) in [4.78, 5) is 14.2. The van der Waals surface area contributed by atoms with E-state index in [2.05, 4.69) is 4.98 Å². The molecule has 2 aromatic rings. The molecule has 0 spiro atoms. The number of aromatic nitrogens is 1. The lowest BCUT2D eigenvalue weighted by molar-refractivity contribution is 0.613. The number of H-pyrrole nitrogens is 1. The quantitative estimate of drug-likeness (QED) is 0.897. The standard InChI is InChI=1S/C15H13FN2O/c1-9-12(7-11-5-3-4-6-14(11)16)10(2)18-15(19)13(9)8-17/h3-6H,7H2,1-2H3,(H,18,19). The van der Waals surface area contributed by atoms with Gasteiger partial charge in [0.2, 0.25) is 0 Å². The number of halogens is 1. The van der Waals surface area contributed by atoms with Gasteiger partial charge in [0.15, 0.2) is 0 Å². The summed E-state index contributed by atoms with van der Waals surface area (Å²) in [5.41, 5.74) is 2.33. The highest BCUT2D eigenvalue weighted by atomic mass is 19.1. The summed E-state index contributed by atoms with van der Waals surface area (Å²) >= 11 is 0. The third-order valence-electron chi connectivity index (χ3n) is 3.25. The second-order valence-electron chi connectivity index (χ2n) is 4.44. The van der Waals surface area contributed by atoms with Crippen molar-refractivity contribution in [1.29, 1.82) is 5.26 Å². The van der Waals surface area contributed by atoms with Crippen LogP contribution in [0.1, 0.15) is 27.9 Å². The number of hydrogen-bond acceptors (Lipinski definition) is 2. The predicted octanol–water partition coefficient (Wildman–Crippen LogP) is 2.59. The molecule has 1 aromatic heterocycles. The maximum absolute atomic E-state index is 13.7. The topological polar surface area (TPSA) is 56.6 Å². The van der Waals surface area contributed by atoms with E-state index in [9.17, 15) is 9.18 Å².